The van der Waals surface area contributed by atoms with Crippen molar-refractivity contribution >= 4 is 0 Å². The van der Waals surface area contributed by atoms with Gasteiger partial charge < -0.3 is 5.11 Å². The Kier molecular flexibility index (Phi) is 12.5. The Morgan fingerprint density at radius 3 is 1.93 bits per heavy atom. The zero-order chi connectivity index (χ0) is 22.7. The Balaban J connectivity index is 2.27. The first-order chi connectivity index (χ1) is 14.1. The maximum absolute atomic E-state index is 10.5. The fraction of sp³-hybridized carbons (Fsp3) is 0.724. The largest absolute Gasteiger partial charge is 0.507 e. The smallest absolute Gasteiger partial charge is 0.122 e. The molecule has 0 aromatic heterocycles. The number of phenols is 1. The molecule has 30 heavy (non-hydrogen) atoms. The lowest BCUT2D eigenvalue weighted by Gasteiger charge is -2.15. The molecule has 1 aromatic rings. The fourth-order valence-electron chi connectivity index (χ4n) is 4.46. The van der Waals surface area contributed by atoms with Crippen LogP contribution in [0.3, 0.4) is 0 Å². The second kappa shape index (κ2) is 13.9. The van der Waals surface area contributed by atoms with E-state index in [-0.39, 0.29) is 0 Å². The lowest BCUT2D eigenvalue weighted by Crippen LogP contribution is -2.00. The Bertz CT molecular complexity index is 653. The van der Waals surface area contributed by atoms with Crippen LogP contribution in [0, 0.1) is 38.5 Å². The lowest BCUT2D eigenvalue weighted by atomic mass is 9.91. The second-order valence-corrected chi connectivity index (χ2v) is 10.6. The van der Waals surface area contributed by atoms with Gasteiger partial charge in [-0.15, -0.1) is 0 Å². The molecule has 0 aliphatic heterocycles. The van der Waals surface area contributed by atoms with Crippen molar-refractivity contribution in [2.75, 3.05) is 0 Å². The topological polar surface area (TPSA) is 20.2 Å². The van der Waals surface area contributed by atoms with Crippen LogP contribution >= 0.6 is 0 Å². The predicted molar refractivity (Wildman–Crippen MR) is 134 cm³/mol. The van der Waals surface area contributed by atoms with Gasteiger partial charge in [0.05, 0.1) is 0 Å². The first kappa shape index (κ1) is 26.8. The summed E-state index contributed by atoms with van der Waals surface area (Å²) in [4.78, 5) is 0. The van der Waals surface area contributed by atoms with Crippen LogP contribution in [-0.4, -0.2) is 5.11 Å². The number of allylic oxidation sites excluding steroid dienone is 2. The number of benzene rings is 1. The van der Waals surface area contributed by atoms with E-state index < -0.39 is 0 Å². The van der Waals surface area contributed by atoms with Crippen molar-refractivity contribution in [2.45, 2.75) is 120 Å². The average Bonchev–Trinajstić information content (AvgIpc) is 2.65. The number of hydrogen-bond acceptors (Lipinski definition) is 1. The molecule has 1 rings (SSSR count). The lowest BCUT2D eigenvalue weighted by molar-refractivity contribution is 0.389. The molecule has 1 N–H and O–H groups in total. The van der Waals surface area contributed by atoms with E-state index in [0.717, 1.165) is 35.3 Å². The van der Waals surface area contributed by atoms with E-state index in [1.54, 1.807) is 0 Å². The minimum Gasteiger partial charge on any atom is -0.507 e. The van der Waals surface area contributed by atoms with E-state index in [4.69, 9.17) is 0 Å². The Hall–Kier alpha value is -1.24. The van der Waals surface area contributed by atoms with E-state index in [0.29, 0.717) is 5.75 Å². The summed E-state index contributed by atoms with van der Waals surface area (Å²) in [7, 11) is 0. The van der Waals surface area contributed by atoms with Gasteiger partial charge in [-0.3, -0.25) is 0 Å². The highest BCUT2D eigenvalue weighted by atomic mass is 16.3. The van der Waals surface area contributed by atoms with Gasteiger partial charge in [-0.1, -0.05) is 90.4 Å². The number of aryl methyl sites for hydroxylation is 2. The zero-order valence-corrected chi connectivity index (χ0v) is 21.4. The molecule has 0 saturated heterocycles. The quantitative estimate of drug-likeness (QED) is 0.301. The summed E-state index contributed by atoms with van der Waals surface area (Å²) in [5.41, 5.74) is 5.94. The monoisotopic (exact) mass is 414 g/mol. The molecule has 0 saturated carbocycles. The van der Waals surface area contributed by atoms with Crippen LogP contribution < -0.4 is 0 Å². The maximum atomic E-state index is 10.5. The summed E-state index contributed by atoms with van der Waals surface area (Å²) in [6, 6.07) is 2.19. The molecular formula is C29H50O. The third-order valence-electron chi connectivity index (χ3n) is 6.94. The van der Waals surface area contributed by atoms with E-state index in [1.807, 2.05) is 6.92 Å². The van der Waals surface area contributed by atoms with Crippen LogP contribution in [0.25, 0.3) is 0 Å². The normalized spacial score (nSPS) is 14.4. The molecular weight excluding hydrogens is 364 g/mol. The molecule has 0 heterocycles. The zero-order valence-electron chi connectivity index (χ0n) is 21.4. The summed E-state index contributed by atoms with van der Waals surface area (Å²) in [6.07, 6.45) is 15.3. The van der Waals surface area contributed by atoms with Crippen molar-refractivity contribution in [3.05, 3.63) is 40.0 Å². The summed E-state index contributed by atoms with van der Waals surface area (Å²) in [5, 5.41) is 10.5. The highest BCUT2D eigenvalue weighted by Gasteiger charge is 2.10. The first-order valence-corrected chi connectivity index (χ1v) is 12.6. The van der Waals surface area contributed by atoms with E-state index >= 15 is 0 Å². The Morgan fingerprint density at radius 2 is 1.37 bits per heavy atom. The molecule has 0 spiro atoms. The van der Waals surface area contributed by atoms with Gasteiger partial charge in [-0.25, -0.2) is 0 Å². The number of hydrogen-bond donors (Lipinski definition) is 1. The van der Waals surface area contributed by atoms with Gasteiger partial charge in [0.2, 0.25) is 0 Å². The maximum Gasteiger partial charge on any atom is 0.122 e. The van der Waals surface area contributed by atoms with E-state index in [2.05, 4.69) is 60.6 Å². The predicted octanol–water partition coefficient (Wildman–Crippen LogP) is 9.25. The molecule has 1 heteroatoms. The van der Waals surface area contributed by atoms with E-state index in [1.165, 1.54) is 74.5 Å². The van der Waals surface area contributed by atoms with Crippen molar-refractivity contribution in [3.63, 3.8) is 0 Å². The molecule has 172 valence electrons. The van der Waals surface area contributed by atoms with Gasteiger partial charge in [0.15, 0.2) is 0 Å². The van der Waals surface area contributed by atoms with Gasteiger partial charge in [-0.05, 0) is 81.4 Å². The number of aromatic hydroxyl groups is 1. The second-order valence-electron chi connectivity index (χ2n) is 10.6. The summed E-state index contributed by atoms with van der Waals surface area (Å²) >= 11 is 0. The van der Waals surface area contributed by atoms with Gasteiger partial charge >= 0.3 is 0 Å². The third-order valence-corrected chi connectivity index (χ3v) is 6.94. The molecule has 0 amide bonds. The summed E-state index contributed by atoms with van der Waals surface area (Å²) in [5.74, 6) is 3.08. The molecule has 1 aromatic carbocycles. The van der Waals surface area contributed by atoms with Crippen molar-refractivity contribution in [2.24, 2.45) is 17.8 Å². The standard InChI is InChI=1S/C29H50O/c1-21(2)12-9-13-22(3)14-10-15-23(4)16-11-17-24(5)18-19-28-26(7)20-25(6)27(8)29(28)30/h18,20-23,30H,9-17,19H2,1-8H3/b24-18+/t22-,23-/m1/s1. The van der Waals surface area contributed by atoms with E-state index in [9.17, 15) is 5.11 Å². The third kappa shape index (κ3) is 10.2. The van der Waals surface area contributed by atoms with Crippen LogP contribution in [0.5, 0.6) is 5.75 Å². The van der Waals surface area contributed by atoms with Gasteiger partial charge in [-0.2, -0.15) is 0 Å². The van der Waals surface area contributed by atoms with Crippen LogP contribution in [0.2, 0.25) is 0 Å². The average molecular weight is 415 g/mol. The number of phenolic OH excluding ortho intramolecular Hbond substituents is 1. The van der Waals surface area contributed by atoms with Crippen molar-refractivity contribution in [1.82, 2.24) is 0 Å². The van der Waals surface area contributed by atoms with Crippen LogP contribution in [0.15, 0.2) is 17.7 Å². The molecule has 0 fully saturated rings. The SMILES string of the molecule is C/C(=C\Cc1c(C)cc(C)c(C)c1O)CCC[C@H](C)CCC[C@H](C)CCCC(C)C. The Labute approximate surface area is 188 Å². The van der Waals surface area contributed by atoms with Gasteiger partial charge in [0.1, 0.15) is 5.75 Å². The molecule has 0 unspecified atom stereocenters. The van der Waals surface area contributed by atoms with Crippen LogP contribution in [-0.2, 0) is 6.42 Å². The van der Waals surface area contributed by atoms with Gasteiger partial charge in [0, 0.05) is 5.56 Å². The molecule has 0 aliphatic rings. The fourth-order valence-corrected chi connectivity index (χ4v) is 4.46. The summed E-state index contributed by atoms with van der Waals surface area (Å²) in [6.45, 7) is 18.0. The highest BCUT2D eigenvalue weighted by Crippen LogP contribution is 2.29. The molecule has 2 atom stereocenters. The summed E-state index contributed by atoms with van der Waals surface area (Å²) < 4.78 is 0. The van der Waals surface area contributed by atoms with Gasteiger partial charge in [0.25, 0.3) is 0 Å². The molecule has 0 bridgehead atoms. The highest BCUT2D eigenvalue weighted by molar-refractivity contribution is 5.49. The van der Waals surface area contributed by atoms with Crippen LogP contribution in [0.4, 0.5) is 0 Å². The molecule has 0 radical (unpaired) electrons. The first-order valence-electron chi connectivity index (χ1n) is 12.6. The molecule has 0 aliphatic carbocycles. The molecule has 1 nitrogen and oxygen atoms in total. The van der Waals surface area contributed by atoms with Crippen molar-refractivity contribution in [1.29, 1.82) is 0 Å². The minimum absolute atomic E-state index is 0.489. The Morgan fingerprint density at radius 1 is 0.833 bits per heavy atom. The van der Waals surface area contributed by atoms with Crippen molar-refractivity contribution in [3.8, 4) is 5.75 Å². The minimum atomic E-state index is 0.489. The number of rotatable bonds is 14. The van der Waals surface area contributed by atoms with Crippen molar-refractivity contribution < 1.29 is 5.11 Å². The van der Waals surface area contributed by atoms with Crippen LogP contribution in [0.1, 0.15) is 115 Å².